The molecule has 0 atom stereocenters. The summed E-state index contributed by atoms with van der Waals surface area (Å²) in [6, 6.07) is 5.14. The van der Waals surface area contributed by atoms with Crippen molar-refractivity contribution in [1.82, 2.24) is 5.32 Å². The van der Waals surface area contributed by atoms with Gasteiger partial charge in [-0.2, -0.15) is 13.2 Å². The lowest BCUT2D eigenvalue weighted by Gasteiger charge is -2.06. The van der Waals surface area contributed by atoms with E-state index in [9.17, 15) is 13.2 Å². The highest BCUT2D eigenvalue weighted by molar-refractivity contribution is 5.50. The zero-order valence-electron chi connectivity index (χ0n) is 10.6. The first-order valence-corrected chi connectivity index (χ1v) is 5.94. The van der Waals surface area contributed by atoms with E-state index in [1.165, 1.54) is 12.1 Å². The average Bonchev–Trinajstić information content (AvgIpc) is 2.27. The summed E-state index contributed by atoms with van der Waals surface area (Å²) in [6.07, 6.45) is -0.542. The predicted octanol–water partition coefficient (Wildman–Crippen LogP) is 3.96. The summed E-state index contributed by atoms with van der Waals surface area (Å²) in [5.74, 6) is 0.587. The Morgan fingerprint density at radius 3 is 2.28 bits per heavy atom. The molecule has 0 aliphatic rings. The SMILES string of the molecule is CC(C)CNCC=Cc1ccc(C(F)(F)F)cc1. The van der Waals surface area contributed by atoms with Gasteiger partial charge in [-0.25, -0.2) is 0 Å². The van der Waals surface area contributed by atoms with Crippen LogP contribution in [0.5, 0.6) is 0 Å². The third-order valence-electron chi connectivity index (χ3n) is 2.36. The molecular formula is C14H18F3N. The molecule has 0 saturated heterocycles. The standard InChI is InChI=1S/C14H18F3N/c1-11(2)10-18-9-3-4-12-5-7-13(8-6-12)14(15,16)17/h3-8,11,18H,9-10H2,1-2H3. The molecule has 1 aromatic rings. The van der Waals surface area contributed by atoms with E-state index in [0.29, 0.717) is 5.92 Å². The molecule has 0 spiro atoms. The smallest absolute Gasteiger partial charge is 0.313 e. The van der Waals surface area contributed by atoms with Crippen LogP contribution in [0.1, 0.15) is 25.0 Å². The molecule has 0 saturated carbocycles. The van der Waals surface area contributed by atoms with Crippen molar-refractivity contribution >= 4 is 6.08 Å². The molecule has 0 unspecified atom stereocenters. The van der Waals surface area contributed by atoms with Crippen molar-refractivity contribution in [3.05, 3.63) is 41.5 Å². The Balaban J connectivity index is 2.46. The van der Waals surface area contributed by atoms with Crippen LogP contribution in [0.2, 0.25) is 0 Å². The molecular weight excluding hydrogens is 239 g/mol. The molecule has 0 radical (unpaired) electrons. The fourth-order valence-corrected chi connectivity index (χ4v) is 1.43. The third kappa shape index (κ3) is 5.36. The molecule has 0 fully saturated rings. The zero-order valence-corrected chi connectivity index (χ0v) is 10.6. The summed E-state index contributed by atoms with van der Waals surface area (Å²) >= 11 is 0. The molecule has 4 heteroatoms. The summed E-state index contributed by atoms with van der Waals surface area (Å²) in [6.45, 7) is 5.88. The van der Waals surface area contributed by atoms with E-state index in [-0.39, 0.29) is 0 Å². The van der Waals surface area contributed by atoms with E-state index < -0.39 is 11.7 Å². The fourth-order valence-electron chi connectivity index (χ4n) is 1.43. The lowest BCUT2D eigenvalue weighted by molar-refractivity contribution is -0.137. The maximum atomic E-state index is 12.3. The second-order valence-corrected chi connectivity index (χ2v) is 4.57. The van der Waals surface area contributed by atoms with Crippen molar-refractivity contribution in [3.8, 4) is 0 Å². The summed E-state index contributed by atoms with van der Waals surface area (Å²) in [5, 5.41) is 3.22. The van der Waals surface area contributed by atoms with E-state index in [1.54, 1.807) is 0 Å². The van der Waals surface area contributed by atoms with Crippen LogP contribution in [0.25, 0.3) is 6.08 Å². The van der Waals surface area contributed by atoms with E-state index in [1.807, 2.05) is 12.2 Å². The quantitative estimate of drug-likeness (QED) is 0.787. The van der Waals surface area contributed by atoms with Crippen LogP contribution in [-0.2, 0) is 6.18 Å². The molecule has 1 N–H and O–H groups in total. The van der Waals surface area contributed by atoms with Gasteiger partial charge >= 0.3 is 6.18 Å². The maximum Gasteiger partial charge on any atom is 0.416 e. The Morgan fingerprint density at radius 2 is 1.78 bits per heavy atom. The summed E-state index contributed by atoms with van der Waals surface area (Å²) < 4.78 is 37.0. The molecule has 1 aromatic carbocycles. The van der Waals surface area contributed by atoms with Gasteiger partial charge in [-0.15, -0.1) is 0 Å². The van der Waals surface area contributed by atoms with Crippen LogP contribution < -0.4 is 5.32 Å². The number of alkyl halides is 3. The largest absolute Gasteiger partial charge is 0.416 e. The number of benzene rings is 1. The highest BCUT2D eigenvalue weighted by Crippen LogP contribution is 2.29. The number of nitrogens with one attached hydrogen (secondary N) is 1. The van der Waals surface area contributed by atoms with Gasteiger partial charge in [-0.1, -0.05) is 38.1 Å². The van der Waals surface area contributed by atoms with Gasteiger partial charge in [0.25, 0.3) is 0 Å². The fraction of sp³-hybridized carbons (Fsp3) is 0.429. The second kappa shape index (κ2) is 6.59. The number of hydrogen-bond acceptors (Lipinski definition) is 1. The van der Waals surface area contributed by atoms with Crippen molar-refractivity contribution in [2.45, 2.75) is 20.0 Å². The zero-order chi connectivity index (χ0) is 13.6. The van der Waals surface area contributed by atoms with Crippen LogP contribution in [-0.4, -0.2) is 13.1 Å². The first kappa shape index (κ1) is 14.8. The normalized spacial score (nSPS) is 12.6. The first-order chi connectivity index (χ1) is 8.39. The molecule has 0 heterocycles. The number of hydrogen-bond donors (Lipinski definition) is 1. The van der Waals surface area contributed by atoms with Gasteiger partial charge in [-0.05, 0) is 30.2 Å². The van der Waals surface area contributed by atoms with E-state index in [4.69, 9.17) is 0 Å². The minimum absolute atomic E-state index is 0.587. The van der Waals surface area contributed by atoms with Crippen LogP contribution in [0.3, 0.4) is 0 Å². The lowest BCUT2D eigenvalue weighted by atomic mass is 10.1. The van der Waals surface area contributed by atoms with Crippen molar-refractivity contribution in [2.75, 3.05) is 13.1 Å². The summed E-state index contributed by atoms with van der Waals surface area (Å²) in [7, 11) is 0. The minimum atomic E-state index is -4.26. The van der Waals surface area contributed by atoms with Gasteiger partial charge in [0, 0.05) is 6.54 Å². The van der Waals surface area contributed by atoms with Gasteiger partial charge in [0.05, 0.1) is 5.56 Å². The Morgan fingerprint density at radius 1 is 1.17 bits per heavy atom. The molecule has 18 heavy (non-hydrogen) atoms. The number of halogens is 3. The highest BCUT2D eigenvalue weighted by Gasteiger charge is 2.29. The topological polar surface area (TPSA) is 12.0 Å². The first-order valence-electron chi connectivity index (χ1n) is 5.94. The van der Waals surface area contributed by atoms with Gasteiger partial charge in [0.2, 0.25) is 0 Å². The van der Waals surface area contributed by atoms with Gasteiger partial charge in [0.1, 0.15) is 0 Å². The van der Waals surface area contributed by atoms with Crippen LogP contribution in [0, 0.1) is 5.92 Å². The molecule has 0 aliphatic carbocycles. The van der Waals surface area contributed by atoms with Crippen molar-refractivity contribution < 1.29 is 13.2 Å². The highest BCUT2D eigenvalue weighted by atomic mass is 19.4. The Kier molecular flexibility index (Phi) is 5.41. The van der Waals surface area contributed by atoms with Crippen LogP contribution in [0.4, 0.5) is 13.2 Å². The molecule has 1 nitrogen and oxygen atoms in total. The average molecular weight is 257 g/mol. The monoisotopic (exact) mass is 257 g/mol. The Bertz CT molecular complexity index is 377. The van der Waals surface area contributed by atoms with Gasteiger partial charge < -0.3 is 5.32 Å². The Hall–Kier alpha value is -1.29. The summed E-state index contributed by atoms with van der Waals surface area (Å²) in [4.78, 5) is 0. The van der Waals surface area contributed by atoms with Crippen LogP contribution in [0.15, 0.2) is 30.3 Å². The molecule has 0 aromatic heterocycles. The van der Waals surface area contributed by atoms with Gasteiger partial charge in [-0.3, -0.25) is 0 Å². The van der Waals surface area contributed by atoms with Crippen molar-refractivity contribution in [3.63, 3.8) is 0 Å². The minimum Gasteiger partial charge on any atom is -0.313 e. The van der Waals surface area contributed by atoms with E-state index in [2.05, 4.69) is 19.2 Å². The molecule has 100 valence electrons. The molecule has 0 aliphatic heterocycles. The van der Waals surface area contributed by atoms with Crippen molar-refractivity contribution in [1.29, 1.82) is 0 Å². The van der Waals surface area contributed by atoms with Gasteiger partial charge in [0.15, 0.2) is 0 Å². The molecule has 1 rings (SSSR count). The molecule has 0 bridgehead atoms. The van der Waals surface area contributed by atoms with Crippen LogP contribution >= 0.6 is 0 Å². The maximum absolute atomic E-state index is 12.3. The summed E-state index contributed by atoms with van der Waals surface area (Å²) in [5.41, 5.74) is 0.159. The Labute approximate surface area is 106 Å². The lowest BCUT2D eigenvalue weighted by Crippen LogP contribution is -2.19. The number of rotatable bonds is 5. The molecule has 0 amide bonds. The predicted molar refractivity (Wildman–Crippen MR) is 68.2 cm³/mol. The van der Waals surface area contributed by atoms with E-state index in [0.717, 1.165) is 30.8 Å². The third-order valence-corrected chi connectivity index (χ3v) is 2.36. The van der Waals surface area contributed by atoms with E-state index >= 15 is 0 Å². The van der Waals surface area contributed by atoms with Crippen molar-refractivity contribution in [2.24, 2.45) is 5.92 Å². The second-order valence-electron chi connectivity index (χ2n) is 4.57.